The lowest BCUT2D eigenvalue weighted by Crippen LogP contribution is -2.37. The molecule has 54 heavy (non-hydrogen) atoms. The first kappa shape index (κ1) is 35.0. The summed E-state index contributed by atoms with van der Waals surface area (Å²) in [6.07, 6.45) is 1.20. The fraction of sp³-hybridized carbons (Fsp3) is 0.316. The number of amides is 1. The maximum Gasteiger partial charge on any atom is 0.251 e. The molecule has 2 aliphatic rings. The van der Waals surface area contributed by atoms with Gasteiger partial charge in [-0.2, -0.15) is 9.97 Å². The number of nitrogens with one attached hydrogen (secondary N) is 2. The second-order valence-electron chi connectivity index (χ2n) is 13.5. The van der Waals surface area contributed by atoms with Gasteiger partial charge in [-0.3, -0.25) is 14.3 Å². The average molecular weight is 734 g/mol. The summed E-state index contributed by atoms with van der Waals surface area (Å²) < 4.78 is 13.3. The highest BCUT2D eigenvalue weighted by Crippen LogP contribution is 2.41. The van der Waals surface area contributed by atoms with Crippen LogP contribution in [0.2, 0.25) is 0 Å². The molecule has 0 radical (unpaired) electrons. The molecule has 16 nitrogen and oxygen atoms in total. The fourth-order valence-corrected chi connectivity index (χ4v) is 6.98. The maximum absolute atomic E-state index is 12.9. The van der Waals surface area contributed by atoms with Gasteiger partial charge in [-0.25, -0.2) is 4.98 Å². The number of hydrogen-bond acceptors (Lipinski definition) is 14. The van der Waals surface area contributed by atoms with Crippen molar-refractivity contribution in [3.63, 3.8) is 0 Å². The summed E-state index contributed by atoms with van der Waals surface area (Å²) in [6.45, 7) is 3.26. The van der Waals surface area contributed by atoms with Crippen LogP contribution in [-0.4, -0.2) is 93.9 Å². The molecule has 6 N–H and O–H groups in total. The van der Waals surface area contributed by atoms with Crippen molar-refractivity contribution in [1.29, 1.82) is 0 Å². The molecule has 2 aliphatic heterocycles. The Hall–Kier alpha value is -6.10. The number of carbonyl (C=O) groups excluding carboxylic acids is 1. The molecular formula is C38H39N9O7. The van der Waals surface area contributed by atoms with Crippen molar-refractivity contribution in [3.8, 4) is 11.5 Å². The number of nitrogens with zero attached hydrogens (tertiary/aromatic N) is 7. The number of fused-ring (bicyclic) bond motifs is 1. The standard InChI is InChI=1S/C38H39N9O7/c1-2-24-17-29(54-45-24)33-31(50)32(51)37(53-33)47-20-41-30-34(40-18-28(21-3-7-26(48)8-4-21)22-5-9-27(49)10-6-22)43-38(44-35(30)47)46-16-13-25(19-46)42-36(52)23-11-14-39-15-12-23/h3-12,14-15,17,20,25,28,31-33,37,48-51H,2,13,16,18-19H2,1H3,(H,42,52)(H,40,43,44)/t25?,31-,32+,33+,37+/m0/s1. The predicted octanol–water partition coefficient (Wildman–Crippen LogP) is 3.43. The lowest BCUT2D eigenvalue weighted by molar-refractivity contribution is -0.0434. The number of carbonyl (C=O) groups is 1. The molecule has 5 atom stereocenters. The molecule has 2 saturated heterocycles. The molecule has 0 saturated carbocycles. The molecule has 1 unspecified atom stereocenters. The lowest BCUT2D eigenvalue weighted by Gasteiger charge is -2.22. The van der Waals surface area contributed by atoms with E-state index >= 15 is 0 Å². The van der Waals surface area contributed by atoms with E-state index in [2.05, 4.69) is 25.8 Å². The number of phenolic OH excluding ortho intramolecular Hbond substituents is 2. The molecular weight excluding hydrogens is 694 g/mol. The molecule has 16 heteroatoms. The highest BCUT2D eigenvalue weighted by molar-refractivity contribution is 5.94. The zero-order valence-electron chi connectivity index (χ0n) is 29.2. The molecule has 4 aromatic heterocycles. The van der Waals surface area contributed by atoms with Gasteiger partial charge >= 0.3 is 0 Å². The second-order valence-corrected chi connectivity index (χ2v) is 13.5. The molecule has 0 bridgehead atoms. The van der Waals surface area contributed by atoms with Gasteiger partial charge in [0.15, 0.2) is 29.0 Å². The summed E-state index contributed by atoms with van der Waals surface area (Å²) >= 11 is 0. The van der Waals surface area contributed by atoms with E-state index in [4.69, 9.17) is 19.2 Å². The van der Waals surface area contributed by atoms with Gasteiger partial charge in [-0.05, 0) is 60.4 Å². The smallest absolute Gasteiger partial charge is 0.251 e. The minimum Gasteiger partial charge on any atom is -0.508 e. The molecule has 278 valence electrons. The van der Waals surface area contributed by atoms with Crippen molar-refractivity contribution >= 4 is 28.8 Å². The largest absolute Gasteiger partial charge is 0.508 e. The summed E-state index contributed by atoms with van der Waals surface area (Å²) in [7, 11) is 0. The minimum absolute atomic E-state index is 0.141. The Kier molecular flexibility index (Phi) is 9.54. The lowest BCUT2D eigenvalue weighted by atomic mass is 9.91. The number of aliphatic hydroxyl groups is 2. The normalized spacial score (nSPS) is 21.3. The molecule has 2 fully saturated rings. The van der Waals surface area contributed by atoms with Crippen LogP contribution in [0.15, 0.2) is 90.0 Å². The maximum atomic E-state index is 12.9. The Morgan fingerprint density at radius 1 is 0.963 bits per heavy atom. The summed E-state index contributed by atoms with van der Waals surface area (Å²) in [5, 5.41) is 52.9. The van der Waals surface area contributed by atoms with E-state index in [0.29, 0.717) is 72.4 Å². The van der Waals surface area contributed by atoms with Crippen LogP contribution in [0.1, 0.15) is 64.5 Å². The number of ether oxygens (including phenoxy) is 1. The van der Waals surface area contributed by atoms with E-state index < -0.39 is 24.5 Å². The quantitative estimate of drug-likeness (QED) is 0.113. The van der Waals surface area contributed by atoms with Crippen LogP contribution in [0.4, 0.5) is 11.8 Å². The number of aromatic hydroxyl groups is 2. The van der Waals surface area contributed by atoms with Crippen molar-refractivity contribution in [2.45, 2.75) is 56.3 Å². The summed E-state index contributed by atoms with van der Waals surface area (Å²) in [5.41, 5.74) is 3.78. The zero-order valence-corrected chi connectivity index (χ0v) is 29.2. The van der Waals surface area contributed by atoms with Gasteiger partial charge in [0.1, 0.15) is 29.8 Å². The third kappa shape index (κ3) is 6.89. The number of imidazole rings is 1. The molecule has 2 aromatic carbocycles. The van der Waals surface area contributed by atoms with Crippen LogP contribution < -0.4 is 15.5 Å². The number of hydrogen-bond donors (Lipinski definition) is 6. The Balaban J connectivity index is 1.13. The number of anilines is 2. The monoisotopic (exact) mass is 733 g/mol. The minimum atomic E-state index is -1.36. The van der Waals surface area contributed by atoms with E-state index in [-0.39, 0.29) is 29.4 Å². The molecule has 0 spiro atoms. The summed E-state index contributed by atoms with van der Waals surface area (Å²) in [6, 6.07) is 18.7. The van der Waals surface area contributed by atoms with E-state index in [1.165, 1.54) is 6.33 Å². The number of aromatic nitrogens is 6. The Labute approximate surface area is 309 Å². The highest BCUT2D eigenvalue weighted by atomic mass is 16.6. The van der Waals surface area contributed by atoms with Gasteiger partial charge in [0.2, 0.25) is 5.95 Å². The van der Waals surface area contributed by atoms with Crippen molar-refractivity contribution < 1.29 is 34.5 Å². The zero-order chi connectivity index (χ0) is 37.3. The number of aryl methyl sites for hydroxylation is 1. The predicted molar refractivity (Wildman–Crippen MR) is 195 cm³/mol. The summed E-state index contributed by atoms with van der Waals surface area (Å²) in [4.78, 5) is 33.4. The van der Waals surface area contributed by atoms with Crippen LogP contribution in [-0.2, 0) is 11.2 Å². The number of rotatable bonds is 11. The van der Waals surface area contributed by atoms with Crippen LogP contribution >= 0.6 is 0 Å². The van der Waals surface area contributed by atoms with Crippen molar-refractivity contribution in [2.24, 2.45) is 0 Å². The summed E-state index contributed by atoms with van der Waals surface area (Å²) in [5.74, 6) is 0.930. The third-order valence-electron chi connectivity index (χ3n) is 9.96. The first-order chi connectivity index (χ1) is 26.2. The second kappa shape index (κ2) is 14.7. The average Bonchev–Trinajstić information content (AvgIpc) is 4.01. The highest BCUT2D eigenvalue weighted by Gasteiger charge is 2.47. The number of phenols is 2. The third-order valence-corrected chi connectivity index (χ3v) is 9.96. The molecule has 1 amide bonds. The molecule has 6 aromatic rings. The Bertz CT molecular complexity index is 2180. The van der Waals surface area contributed by atoms with Gasteiger partial charge in [0, 0.05) is 55.6 Å². The van der Waals surface area contributed by atoms with E-state index in [1.54, 1.807) is 59.4 Å². The van der Waals surface area contributed by atoms with E-state index in [9.17, 15) is 25.2 Å². The Morgan fingerprint density at radius 2 is 1.67 bits per heavy atom. The van der Waals surface area contributed by atoms with Crippen LogP contribution in [0.3, 0.4) is 0 Å². The van der Waals surface area contributed by atoms with Gasteiger partial charge in [0.25, 0.3) is 5.91 Å². The van der Waals surface area contributed by atoms with Crippen LogP contribution in [0.5, 0.6) is 11.5 Å². The number of pyridine rings is 1. The first-order valence-electron chi connectivity index (χ1n) is 17.7. The molecule has 6 heterocycles. The first-order valence-corrected chi connectivity index (χ1v) is 17.7. The van der Waals surface area contributed by atoms with Gasteiger partial charge in [-0.15, -0.1) is 0 Å². The van der Waals surface area contributed by atoms with Gasteiger partial charge in [0.05, 0.1) is 12.0 Å². The number of benzene rings is 2. The van der Waals surface area contributed by atoms with Crippen molar-refractivity contribution in [3.05, 3.63) is 114 Å². The van der Waals surface area contributed by atoms with Gasteiger partial charge < -0.3 is 45.2 Å². The van der Waals surface area contributed by atoms with E-state index in [1.807, 2.05) is 36.1 Å². The van der Waals surface area contributed by atoms with Crippen LogP contribution in [0.25, 0.3) is 11.2 Å². The SMILES string of the molecule is CCc1cc([C@H]2O[C@@H](n3cnc4c(NCC(c5ccc(O)cc5)c5ccc(O)cc5)nc(N5CCC(NC(=O)c6ccncc6)C5)nc43)[C@H](O)[C@@H]2O)on1. The van der Waals surface area contributed by atoms with Crippen LogP contribution in [0, 0.1) is 0 Å². The fourth-order valence-electron chi connectivity index (χ4n) is 6.98. The Morgan fingerprint density at radius 3 is 2.33 bits per heavy atom. The van der Waals surface area contributed by atoms with Crippen molar-refractivity contribution in [1.82, 2.24) is 35.0 Å². The molecule has 0 aliphatic carbocycles. The topological polar surface area (TPSA) is 217 Å². The van der Waals surface area contributed by atoms with Gasteiger partial charge in [-0.1, -0.05) is 36.3 Å². The number of aliphatic hydroxyl groups excluding tert-OH is 2. The van der Waals surface area contributed by atoms with E-state index in [0.717, 1.165) is 11.1 Å². The van der Waals surface area contributed by atoms with Crippen molar-refractivity contribution in [2.75, 3.05) is 29.9 Å². The molecule has 8 rings (SSSR count).